The van der Waals surface area contributed by atoms with Crippen LogP contribution in [0, 0.1) is 5.92 Å². The molecule has 8 heteroatoms. The number of ether oxygens (including phenoxy) is 1. The normalized spacial score (nSPS) is 27.7. The first kappa shape index (κ1) is 21.4. The van der Waals surface area contributed by atoms with Crippen LogP contribution in [-0.4, -0.2) is 68.0 Å². The van der Waals surface area contributed by atoms with E-state index in [4.69, 9.17) is 4.74 Å². The lowest BCUT2D eigenvalue weighted by Crippen LogP contribution is -2.58. The molecule has 1 heterocycles. The summed E-state index contributed by atoms with van der Waals surface area (Å²) in [5.41, 5.74) is 0. The third-order valence-electron chi connectivity index (χ3n) is 5.35. The van der Waals surface area contributed by atoms with Crippen LogP contribution in [0.2, 0.25) is 0 Å². The number of carbonyl (C=O) groups is 1. The second-order valence-corrected chi connectivity index (χ2v) is 7.52. The molecule has 5 nitrogen and oxygen atoms in total. The number of hydrogen-bond donors (Lipinski definition) is 2. The van der Waals surface area contributed by atoms with Crippen molar-refractivity contribution in [3.63, 3.8) is 0 Å². The molecule has 0 aromatic heterocycles. The molecule has 152 valence electrons. The Morgan fingerprint density at radius 3 is 2.58 bits per heavy atom. The highest BCUT2D eigenvalue weighted by atomic mass is 19.4. The Hall–Kier alpha value is -0.860. The molecule has 2 N–H and O–H groups in total. The van der Waals surface area contributed by atoms with Gasteiger partial charge in [0.05, 0.1) is 6.10 Å². The van der Waals surface area contributed by atoms with E-state index in [2.05, 4.69) is 17.6 Å². The summed E-state index contributed by atoms with van der Waals surface area (Å²) in [5, 5.41) is 5.54. The average molecular weight is 379 g/mol. The fourth-order valence-electron chi connectivity index (χ4n) is 3.83. The number of carbonyl (C=O) groups excluding carboxylic acids is 1. The highest BCUT2D eigenvalue weighted by Gasteiger charge is 2.44. The molecule has 2 rings (SSSR count). The van der Waals surface area contributed by atoms with E-state index in [1.807, 2.05) is 6.92 Å². The van der Waals surface area contributed by atoms with E-state index >= 15 is 0 Å². The van der Waals surface area contributed by atoms with Crippen molar-refractivity contribution in [2.24, 2.45) is 5.92 Å². The van der Waals surface area contributed by atoms with Gasteiger partial charge in [0.1, 0.15) is 12.1 Å². The summed E-state index contributed by atoms with van der Waals surface area (Å²) in [5.74, 6) is 0.131. The number of nitrogens with one attached hydrogen (secondary N) is 2. The molecule has 26 heavy (non-hydrogen) atoms. The van der Waals surface area contributed by atoms with Crippen LogP contribution in [0.5, 0.6) is 0 Å². The minimum atomic E-state index is -4.37. The van der Waals surface area contributed by atoms with Crippen LogP contribution >= 0.6 is 0 Å². The lowest BCUT2D eigenvalue weighted by molar-refractivity contribution is -0.184. The molecule has 0 spiro atoms. The predicted molar refractivity (Wildman–Crippen MR) is 93.9 cm³/mol. The second-order valence-electron chi connectivity index (χ2n) is 7.52. The van der Waals surface area contributed by atoms with Gasteiger partial charge >= 0.3 is 6.18 Å². The van der Waals surface area contributed by atoms with Crippen molar-refractivity contribution in [2.75, 3.05) is 32.7 Å². The van der Waals surface area contributed by atoms with Crippen LogP contribution in [-0.2, 0) is 9.53 Å². The van der Waals surface area contributed by atoms with Gasteiger partial charge in [-0.05, 0) is 25.2 Å². The van der Waals surface area contributed by atoms with E-state index in [9.17, 15) is 18.0 Å². The van der Waals surface area contributed by atoms with Crippen LogP contribution in [0.25, 0.3) is 0 Å². The zero-order valence-electron chi connectivity index (χ0n) is 15.8. The van der Waals surface area contributed by atoms with Gasteiger partial charge in [0.25, 0.3) is 0 Å². The first-order valence-corrected chi connectivity index (χ1v) is 9.76. The molecule has 2 fully saturated rings. The Balaban J connectivity index is 1.88. The van der Waals surface area contributed by atoms with Crippen LogP contribution in [0.3, 0.4) is 0 Å². The number of rotatable bonds is 7. The summed E-state index contributed by atoms with van der Waals surface area (Å²) in [7, 11) is 0. The van der Waals surface area contributed by atoms with Crippen LogP contribution in [0.1, 0.15) is 46.0 Å². The molecule has 2 aliphatic rings. The van der Waals surface area contributed by atoms with E-state index in [0.717, 1.165) is 19.3 Å². The lowest BCUT2D eigenvalue weighted by atomic mass is 9.88. The Labute approximate surface area is 154 Å². The number of hydrogen-bond acceptors (Lipinski definition) is 4. The zero-order chi connectivity index (χ0) is 19.2. The second kappa shape index (κ2) is 9.90. The summed E-state index contributed by atoms with van der Waals surface area (Å²) >= 11 is 0. The molecular formula is C18H32F3N3O2. The van der Waals surface area contributed by atoms with Gasteiger partial charge in [-0.2, -0.15) is 13.2 Å². The van der Waals surface area contributed by atoms with E-state index in [1.54, 1.807) is 0 Å². The molecule has 1 aliphatic carbocycles. The van der Waals surface area contributed by atoms with E-state index < -0.39 is 30.8 Å². The van der Waals surface area contributed by atoms with Crippen molar-refractivity contribution in [1.29, 1.82) is 0 Å². The maximum Gasteiger partial charge on any atom is 0.405 e. The smallest absolute Gasteiger partial charge is 0.365 e. The van der Waals surface area contributed by atoms with Crippen molar-refractivity contribution in [2.45, 2.75) is 70.4 Å². The highest BCUT2D eigenvalue weighted by Crippen LogP contribution is 2.27. The first-order valence-electron chi connectivity index (χ1n) is 9.76. The summed E-state index contributed by atoms with van der Waals surface area (Å²) in [6.07, 6.45) is -0.490. The Morgan fingerprint density at radius 1 is 1.31 bits per heavy atom. The lowest BCUT2D eigenvalue weighted by Gasteiger charge is -2.36. The fraction of sp³-hybridized carbons (Fsp3) is 0.944. The quantitative estimate of drug-likeness (QED) is 0.713. The summed E-state index contributed by atoms with van der Waals surface area (Å²) in [4.78, 5) is 13.8. The predicted octanol–water partition coefficient (Wildman–Crippen LogP) is 2.31. The molecule has 4 unspecified atom stereocenters. The highest BCUT2D eigenvalue weighted by molar-refractivity contribution is 5.80. The largest absolute Gasteiger partial charge is 0.405 e. The fourth-order valence-corrected chi connectivity index (χ4v) is 3.83. The van der Waals surface area contributed by atoms with Gasteiger partial charge in [0.2, 0.25) is 5.91 Å². The van der Waals surface area contributed by atoms with Crippen LogP contribution in [0.15, 0.2) is 0 Å². The summed E-state index contributed by atoms with van der Waals surface area (Å²) in [6.45, 7) is 5.28. The summed E-state index contributed by atoms with van der Waals surface area (Å²) in [6, 6.07) is -1.65. The van der Waals surface area contributed by atoms with Crippen molar-refractivity contribution in [3.8, 4) is 0 Å². The SMILES string of the molecule is CCC(OC1CCCC(C)C1)C(=O)NCC(N1CCNCC1)C(F)(F)F. The van der Waals surface area contributed by atoms with Gasteiger partial charge in [-0.1, -0.05) is 26.7 Å². The minimum Gasteiger partial charge on any atom is -0.365 e. The van der Waals surface area contributed by atoms with Gasteiger partial charge < -0.3 is 15.4 Å². The number of nitrogens with zero attached hydrogens (tertiary/aromatic N) is 1. The van der Waals surface area contributed by atoms with E-state index in [-0.39, 0.29) is 6.10 Å². The number of amides is 1. The van der Waals surface area contributed by atoms with Crippen molar-refractivity contribution in [1.82, 2.24) is 15.5 Å². The third-order valence-corrected chi connectivity index (χ3v) is 5.35. The van der Waals surface area contributed by atoms with Gasteiger partial charge in [-0.25, -0.2) is 0 Å². The molecular weight excluding hydrogens is 347 g/mol. The Kier molecular flexibility index (Phi) is 8.16. The van der Waals surface area contributed by atoms with Crippen molar-refractivity contribution in [3.05, 3.63) is 0 Å². The Morgan fingerprint density at radius 2 is 2.00 bits per heavy atom. The molecule has 0 radical (unpaired) electrons. The molecule has 4 atom stereocenters. The molecule has 0 bridgehead atoms. The maximum atomic E-state index is 13.4. The average Bonchev–Trinajstić information content (AvgIpc) is 2.59. The topological polar surface area (TPSA) is 53.6 Å². The van der Waals surface area contributed by atoms with Gasteiger partial charge in [0.15, 0.2) is 0 Å². The van der Waals surface area contributed by atoms with Crippen LogP contribution < -0.4 is 10.6 Å². The zero-order valence-corrected chi connectivity index (χ0v) is 15.8. The van der Waals surface area contributed by atoms with E-state index in [0.29, 0.717) is 38.5 Å². The van der Waals surface area contributed by atoms with Crippen molar-refractivity contribution < 1.29 is 22.7 Å². The molecule has 1 saturated carbocycles. The minimum absolute atomic E-state index is 0.0287. The van der Waals surface area contributed by atoms with Crippen molar-refractivity contribution >= 4 is 5.91 Å². The van der Waals surface area contributed by atoms with Gasteiger partial charge in [-0.15, -0.1) is 0 Å². The van der Waals surface area contributed by atoms with E-state index in [1.165, 1.54) is 11.3 Å². The molecule has 0 aromatic carbocycles. The number of alkyl halides is 3. The van der Waals surface area contributed by atoms with Gasteiger partial charge in [0, 0.05) is 32.7 Å². The maximum absolute atomic E-state index is 13.4. The standard InChI is InChI=1S/C18H32F3N3O2/c1-3-15(26-14-6-4-5-13(2)11-14)17(25)23-12-16(18(19,20)21)24-9-7-22-8-10-24/h13-16,22H,3-12H2,1-2H3,(H,23,25). The summed E-state index contributed by atoms with van der Waals surface area (Å²) < 4.78 is 46.1. The Bertz CT molecular complexity index is 442. The van der Waals surface area contributed by atoms with Crippen LogP contribution in [0.4, 0.5) is 13.2 Å². The molecule has 0 aromatic rings. The van der Waals surface area contributed by atoms with Gasteiger partial charge in [-0.3, -0.25) is 9.69 Å². The monoisotopic (exact) mass is 379 g/mol. The molecule has 1 amide bonds. The number of piperazine rings is 1. The molecule has 1 saturated heterocycles. The first-order chi connectivity index (χ1) is 12.3. The molecule has 1 aliphatic heterocycles. The number of halogens is 3. The third kappa shape index (κ3) is 6.39.